The van der Waals surface area contributed by atoms with Crippen molar-refractivity contribution in [1.82, 2.24) is 14.8 Å². The minimum absolute atomic E-state index is 0.0723. The molecule has 1 N–H and O–H groups in total. The minimum atomic E-state index is -0.0723. The van der Waals surface area contributed by atoms with Crippen LogP contribution in [0.25, 0.3) is 5.69 Å². The highest BCUT2D eigenvalue weighted by molar-refractivity contribution is 9.10. The summed E-state index contributed by atoms with van der Waals surface area (Å²) in [5.41, 5.74) is 6.21. The van der Waals surface area contributed by atoms with E-state index in [1.165, 1.54) is 11.8 Å². The van der Waals surface area contributed by atoms with Gasteiger partial charge in [0.1, 0.15) is 5.82 Å². The molecule has 5 nitrogen and oxygen atoms in total. The average Bonchev–Trinajstić information content (AvgIpc) is 3.18. The van der Waals surface area contributed by atoms with Crippen LogP contribution < -0.4 is 5.32 Å². The Kier molecular flexibility index (Phi) is 7.30. The molecule has 33 heavy (non-hydrogen) atoms. The van der Waals surface area contributed by atoms with Crippen LogP contribution in [0.3, 0.4) is 0 Å². The summed E-state index contributed by atoms with van der Waals surface area (Å²) in [6, 6.07) is 22.5. The van der Waals surface area contributed by atoms with Crippen LogP contribution in [0.2, 0.25) is 0 Å². The van der Waals surface area contributed by atoms with Gasteiger partial charge >= 0.3 is 0 Å². The quantitative estimate of drug-likeness (QED) is 0.291. The van der Waals surface area contributed by atoms with Gasteiger partial charge in [0.25, 0.3) is 0 Å². The van der Waals surface area contributed by atoms with E-state index < -0.39 is 0 Å². The smallest absolute Gasteiger partial charge is 0.234 e. The van der Waals surface area contributed by atoms with Gasteiger partial charge in [-0.05, 0) is 67.3 Å². The van der Waals surface area contributed by atoms with Gasteiger partial charge < -0.3 is 5.32 Å². The number of aryl methyl sites for hydroxylation is 3. The first kappa shape index (κ1) is 23.3. The summed E-state index contributed by atoms with van der Waals surface area (Å²) in [5.74, 6) is 1.01. The van der Waals surface area contributed by atoms with E-state index in [0.717, 1.165) is 43.9 Å². The summed E-state index contributed by atoms with van der Waals surface area (Å²) in [7, 11) is 0. The number of thioether (sulfide) groups is 1. The van der Waals surface area contributed by atoms with Crippen LogP contribution >= 0.6 is 27.7 Å². The summed E-state index contributed by atoms with van der Waals surface area (Å²) >= 11 is 4.89. The molecule has 4 aromatic rings. The molecule has 3 aromatic carbocycles. The lowest BCUT2D eigenvalue weighted by Crippen LogP contribution is -2.16. The molecule has 0 unspecified atom stereocenters. The van der Waals surface area contributed by atoms with Crippen molar-refractivity contribution in [2.45, 2.75) is 32.3 Å². The second kappa shape index (κ2) is 10.4. The predicted molar refractivity (Wildman–Crippen MR) is 138 cm³/mol. The topological polar surface area (TPSA) is 59.8 Å². The van der Waals surface area contributed by atoms with E-state index in [9.17, 15) is 4.79 Å². The highest BCUT2D eigenvalue weighted by atomic mass is 79.9. The number of nitrogens with one attached hydrogen (secondary N) is 1. The fourth-order valence-corrected chi connectivity index (χ4v) is 5.18. The molecule has 7 heteroatoms. The van der Waals surface area contributed by atoms with Crippen molar-refractivity contribution in [3.8, 4) is 5.69 Å². The number of halogens is 1. The fourth-order valence-electron chi connectivity index (χ4n) is 3.73. The van der Waals surface area contributed by atoms with Crippen molar-refractivity contribution < 1.29 is 4.79 Å². The molecule has 0 fully saturated rings. The van der Waals surface area contributed by atoms with Gasteiger partial charge in [-0.3, -0.25) is 9.36 Å². The molecule has 0 atom stereocenters. The molecular weight excluding hydrogens is 496 g/mol. The third kappa shape index (κ3) is 5.72. The zero-order valence-corrected chi connectivity index (χ0v) is 21.2. The highest BCUT2D eigenvalue weighted by Gasteiger charge is 2.17. The van der Waals surface area contributed by atoms with Crippen molar-refractivity contribution in [3.05, 3.63) is 99.3 Å². The largest absolute Gasteiger partial charge is 0.325 e. The van der Waals surface area contributed by atoms with Crippen LogP contribution in [0.15, 0.2) is 76.4 Å². The van der Waals surface area contributed by atoms with Crippen molar-refractivity contribution in [2.75, 3.05) is 11.1 Å². The fraction of sp³-hybridized carbons (Fsp3) is 0.192. The number of anilines is 1. The lowest BCUT2D eigenvalue weighted by atomic mass is 10.1. The maximum atomic E-state index is 12.8. The van der Waals surface area contributed by atoms with Crippen LogP contribution in [0.5, 0.6) is 0 Å². The Morgan fingerprint density at radius 2 is 1.70 bits per heavy atom. The number of aromatic nitrogens is 3. The maximum Gasteiger partial charge on any atom is 0.234 e. The van der Waals surface area contributed by atoms with Gasteiger partial charge in [0, 0.05) is 22.3 Å². The van der Waals surface area contributed by atoms with E-state index in [1.54, 1.807) is 0 Å². The summed E-state index contributed by atoms with van der Waals surface area (Å²) < 4.78 is 3.05. The van der Waals surface area contributed by atoms with Crippen LogP contribution in [0, 0.1) is 20.8 Å². The number of rotatable bonds is 7. The monoisotopic (exact) mass is 520 g/mol. The Morgan fingerprint density at radius 3 is 2.39 bits per heavy atom. The average molecular weight is 521 g/mol. The van der Waals surface area contributed by atoms with Crippen LogP contribution in [0.4, 0.5) is 5.69 Å². The zero-order chi connectivity index (χ0) is 23.4. The van der Waals surface area contributed by atoms with Gasteiger partial charge in [-0.25, -0.2) is 0 Å². The third-order valence-corrected chi connectivity index (χ3v) is 6.65. The Balaban J connectivity index is 1.57. The SMILES string of the molecule is Cc1cccc(-n2c(Cc3ccccc3)nnc2SCC(=O)Nc2c(C)cc(Br)cc2C)c1. The van der Waals surface area contributed by atoms with Crippen LogP contribution in [-0.4, -0.2) is 26.4 Å². The first-order valence-corrected chi connectivity index (χ1v) is 12.4. The van der Waals surface area contributed by atoms with E-state index in [0.29, 0.717) is 11.6 Å². The van der Waals surface area contributed by atoms with E-state index in [-0.39, 0.29) is 11.7 Å². The van der Waals surface area contributed by atoms with Crippen LogP contribution in [-0.2, 0) is 11.2 Å². The maximum absolute atomic E-state index is 12.8. The third-order valence-electron chi connectivity index (χ3n) is 5.26. The predicted octanol–water partition coefficient (Wildman–Crippen LogP) is 6.28. The van der Waals surface area contributed by atoms with E-state index in [1.807, 2.05) is 60.9 Å². The Bertz CT molecular complexity index is 1260. The van der Waals surface area contributed by atoms with Gasteiger partial charge in [-0.2, -0.15) is 0 Å². The van der Waals surface area contributed by atoms with Crippen molar-refractivity contribution >= 4 is 39.3 Å². The van der Waals surface area contributed by atoms with Gasteiger partial charge in [0.2, 0.25) is 5.91 Å². The minimum Gasteiger partial charge on any atom is -0.325 e. The number of carbonyl (C=O) groups excluding carboxylic acids is 1. The molecule has 0 saturated heterocycles. The number of benzene rings is 3. The molecule has 4 rings (SSSR count). The lowest BCUT2D eigenvalue weighted by Gasteiger charge is -2.13. The molecule has 1 aromatic heterocycles. The lowest BCUT2D eigenvalue weighted by molar-refractivity contribution is -0.113. The second-order valence-corrected chi connectivity index (χ2v) is 9.85. The van der Waals surface area contributed by atoms with Gasteiger partial charge in [0.05, 0.1) is 5.75 Å². The Morgan fingerprint density at radius 1 is 0.970 bits per heavy atom. The van der Waals surface area contributed by atoms with Gasteiger partial charge in [-0.1, -0.05) is 70.2 Å². The number of hydrogen-bond donors (Lipinski definition) is 1. The summed E-state index contributed by atoms with van der Waals surface area (Å²) in [6.07, 6.45) is 0.659. The molecule has 168 valence electrons. The first-order valence-electron chi connectivity index (χ1n) is 10.7. The Hall–Kier alpha value is -2.90. The Labute approximate surface area is 206 Å². The van der Waals surface area contributed by atoms with Crippen LogP contribution in [0.1, 0.15) is 28.1 Å². The molecule has 1 heterocycles. The van der Waals surface area contributed by atoms with Gasteiger partial charge in [-0.15, -0.1) is 10.2 Å². The summed E-state index contributed by atoms with van der Waals surface area (Å²) in [5, 5.41) is 12.7. The van der Waals surface area contributed by atoms with Crippen molar-refractivity contribution in [3.63, 3.8) is 0 Å². The zero-order valence-electron chi connectivity index (χ0n) is 18.8. The molecule has 0 aliphatic rings. The first-order chi connectivity index (χ1) is 15.9. The standard InChI is InChI=1S/C26H25BrN4OS/c1-17-8-7-11-22(12-17)31-23(15-20-9-5-4-6-10-20)29-30-26(31)33-16-24(32)28-25-18(2)13-21(27)14-19(25)3/h4-14H,15-16H2,1-3H3,(H,28,32). The van der Waals surface area contributed by atoms with Gasteiger partial charge in [0.15, 0.2) is 5.16 Å². The number of carbonyl (C=O) groups is 1. The number of hydrogen-bond acceptors (Lipinski definition) is 4. The van der Waals surface area contributed by atoms with E-state index in [2.05, 4.69) is 62.6 Å². The molecule has 0 saturated carbocycles. The summed E-state index contributed by atoms with van der Waals surface area (Å²) in [4.78, 5) is 12.8. The summed E-state index contributed by atoms with van der Waals surface area (Å²) in [6.45, 7) is 6.04. The van der Waals surface area contributed by atoms with Crippen molar-refractivity contribution in [1.29, 1.82) is 0 Å². The number of nitrogens with zero attached hydrogens (tertiary/aromatic N) is 3. The normalized spacial score (nSPS) is 10.9. The van der Waals surface area contributed by atoms with E-state index >= 15 is 0 Å². The molecular formula is C26H25BrN4OS. The van der Waals surface area contributed by atoms with E-state index in [4.69, 9.17) is 0 Å². The molecule has 0 aliphatic carbocycles. The second-order valence-electron chi connectivity index (χ2n) is 7.99. The molecule has 0 bridgehead atoms. The number of amides is 1. The molecule has 0 radical (unpaired) electrons. The molecule has 0 spiro atoms. The molecule has 0 aliphatic heterocycles. The van der Waals surface area contributed by atoms with Crippen molar-refractivity contribution in [2.24, 2.45) is 0 Å². The molecule has 1 amide bonds. The highest BCUT2D eigenvalue weighted by Crippen LogP contribution is 2.27.